The second-order valence-corrected chi connectivity index (χ2v) is 21.1. The van der Waals surface area contributed by atoms with Crippen molar-refractivity contribution < 1.29 is 4.42 Å². The minimum Gasteiger partial charge on any atom is -0.456 e. The van der Waals surface area contributed by atoms with Gasteiger partial charge in [-0.25, -0.2) is 0 Å². The number of para-hydroxylation sites is 1. The molecule has 16 rings (SSSR count). The van der Waals surface area contributed by atoms with Crippen LogP contribution in [-0.4, -0.2) is 0 Å². The maximum atomic E-state index is 6.38. The molecule has 71 heavy (non-hydrogen) atoms. The predicted molar refractivity (Wildman–Crippen MR) is 293 cm³/mol. The molecular formula is C69H53NO. The van der Waals surface area contributed by atoms with E-state index in [9.17, 15) is 0 Å². The van der Waals surface area contributed by atoms with Gasteiger partial charge in [-0.3, -0.25) is 0 Å². The van der Waals surface area contributed by atoms with Crippen LogP contribution in [0.3, 0.4) is 0 Å². The van der Waals surface area contributed by atoms with E-state index in [-0.39, 0.29) is 5.41 Å². The molecule has 4 bridgehead atoms. The Balaban J connectivity index is 0.966. The van der Waals surface area contributed by atoms with Crippen LogP contribution in [0.2, 0.25) is 0 Å². The number of benzene rings is 10. The Morgan fingerprint density at radius 3 is 1.68 bits per heavy atom. The number of furan rings is 1. The summed E-state index contributed by atoms with van der Waals surface area (Å²) in [7, 11) is 0. The Hall–Kier alpha value is -7.94. The highest BCUT2D eigenvalue weighted by molar-refractivity contribution is 6.13. The second-order valence-electron chi connectivity index (χ2n) is 21.1. The molecule has 5 aliphatic rings. The van der Waals surface area contributed by atoms with E-state index in [1.807, 2.05) is 6.07 Å². The summed E-state index contributed by atoms with van der Waals surface area (Å²) >= 11 is 0. The zero-order valence-electron chi connectivity index (χ0n) is 39.7. The van der Waals surface area contributed by atoms with Crippen LogP contribution < -0.4 is 4.90 Å². The van der Waals surface area contributed by atoms with Gasteiger partial charge in [0.2, 0.25) is 0 Å². The van der Waals surface area contributed by atoms with Crippen LogP contribution in [0.15, 0.2) is 241 Å². The topological polar surface area (TPSA) is 16.4 Å². The van der Waals surface area contributed by atoms with E-state index >= 15 is 0 Å². The molecule has 4 saturated carbocycles. The summed E-state index contributed by atoms with van der Waals surface area (Å²) in [6, 6.07) is 89.1. The summed E-state index contributed by atoms with van der Waals surface area (Å²) < 4.78 is 6.38. The van der Waals surface area contributed by atoms with Crippen LogP contribution in [0.25, 0.3) is 55.0 Å². The lowest BCUT2D eigenvalue weighted by Crippen LogP contribution is -2.59. The number of hydrogen-bond acceptors (Lipinski definition) is 2. The summed E-state index contributed by atoms with van der Waals surface area (Å²) in [4.78, 5) is 2.54. The van der Waals surface area contributed by atoms with Gasteiger partial charge in [0.05, 0.1) is 11.1 Å². The summed E-state index contributed by atoms with van der Waals surface area (Å²) in [6.45, 7) is 0. The average Bonchev–Trinajstić information content (AvgIpc) is 3.82. The third-order valence-electron chi connectivity index (χ3n) is 17.8. The van der Waals surface area contributed by atoms with Crippen LogP contribution >= 0.6 is 0 Å². The van der Waals surface area contributed by atoms with Gasteiger partial charge in [-0.05, 0) is 159 Å². The lowest BCUT2D eigenvalue weighted by atomic mass is 9.38. The highest BCUT2D eigenvalue weighted by atomic mass is 16.3. The standard InChI is InChI=1S/C69H53NO/c1-3-19-49(20-4-1)68(50-21-5-2-6-22-50)60-28-12-13-29-61(60)69(51-40-45-39-46(42-51)43-52(69)41-45)62-38-37-54(44-63(62)68)70(64-30-15-18-47-17-7-8-24-56(47)64)53-35-33-48(34-36-53)55-23-9-10-25-57(55)58-27-16-32-66-67(58)59-26-11-14-31-65(59)71-66/h1-38,44-46,51-52H,39-43H2/t45-,46+,51-,52-,69?. The number of fused-ring (bicyclic) bond motifs is 6. The number of nitrogens with zero attached hydrogens (tertiary/aromatic N) is 1. The quantitative estimate of drug-likeness (QED) is 0.158. The molecule has 340 valence electrons. The molecule has 0 atom stereocenters. The van der Waals surface area contributed by atoms with Gasteiger partial charge in [-0.15, -0.1) is 0 Å². The highest BCUT2D eigenvalue weighted by Gasteiger charge is 2.63. The molecule has 0 aliphatic heterocycles. The maximum Gasteiger partial charge on any atom is 0.136 e. The van der Waals surface area contributed by atoms with Gasteiger partial charge in [-0.1, -0.05) is 194 Å². The largest absolute Gasteiger partial charge is 0.456 e. The lowest BCUT2D eigenvalue weighted by molar-refractivity contribution is -0.0440. The van der Waals surface area contributed by atoms with Gasteiger partial charge in [-0.2, -0.15) is 0 Å². The Labute approximate surface area is 415 Å². The van der Waals surface area contributed by atoms with Crippen molar-refractivity contribution in [2.24, 2.45) is 23.7 Å². The normalized spacial score (nSPS) is 21.4. The molecule has 1 aromatic heterocycles. The fraction of sp³-hybridized carbons (Fsp3) is 0.159. The van der Waals surface area contributed by atoms with Crippen molar-refractivity contribution >= 4 is 49.8 Å². The van der Waals surface area contributed by atoms with E-state index in [0.717, 1.165) is 39.5 Å². The zero-order chi connectivity index (χ0) is 46.7. The fourth-order valence-electron chi connectivity index (χ4n) is 15.4. The Kier molecular flexibility index (Phi) is 9.09. The molecule has 1 heterocycles. The summed E-state index contributed by atoms with van der Waals surface area (Å²) in [6.07, 6.45) is 6.75. The highest BCUT2D eigenvalue weighted by Crippen LogP contribution is 2.70. The van der Waals surface area contributed by atoms with Crippen LogP contribution in [-0.2, 0) is 10.8 Å². The number of anilines is 3. The van der Waals surface area contributed by atoms with Crippen molar-refractivity contribution in [1.29, 1.82) is 0 Å². The van der Waals surface area contributed by atoms with Gasteiger partial charge in [0.1, 0.15) is 11.2 Å². The van der Waals surface area contributed by atoms with Gasteiger partial charge in [0, 0.05) is 32.9 Å². The van der Waals surface area contributed by atoms with Crippen molar-refractivity contribution in [3.63, 3.8) is 0 Å². The minimum atomic E-state index is -0.550. The van der Waals surface area contributed by atoms with E-state index in [0.29, 0.717) is 11.8 Å². The lowest BCUT2D eigenvalue weighted by Gasteiger charge is -2.65. The molecule has 2 heteroatoms. The smallest absolute Gasteiger partial charge is 0.136 e. The summed E-state index contributed by atoms with van der Waals surface area (Å²) in [5.74, 6) is 2.95. The molecule has 0 saturated heterocycles. The van der Waals surface area contributed by atoms with Crippen molar-refractivity contribution in [2.45, 2.75) is 42.9 Å². The monoisotopic (exact) mass is 911 g/mol. The molecule has 0 N–H and O–H groups in total. The molecule has 0 radical (unpaired) electrons. The molecule has 4 fully saturated rings. The summed E-state index contributed by atoms with van der Waals surface area (Å²) in [5.41, 5.74) is 18.0. The van der Waals surface area contributed by atoms with Crippen LogP contribution in [0.5, 0.6) is 0 Å². The van der Waals surface area contributed by atoms with Crippen LogP contribution in [0.4, 0.5) is 17.1 Å². The van der Waals surface area contributed by atoms with Gasteiger partial charge in [0.25, 0.3) is 0 Å². The van der Waals surface area contributed by atoms with Crippen LogP contribution in [0.1, 0.15) is 65.5 Å². The molecule has 0 unspecified atom stereocenters. The molecule has 11 aromatic rings. The first-order valence-corrected chi connectivity index (χ1v) is 25.9. The SMILES string of the molecule is c1ccc(C2(c3ccccc3)c3ccccc3C3(c4ccc(N(c5ccc(-c6ccccc6-c6cccc7oc8ccccc8c67)cc5)c5cccc6ccccc56)cc42)[C@H]2C[C@@H]4C[C@@H](C[C@@H]3C4)C2)cc1. The van der Waals surface area contributed by atoms with Crippen molar-refractivity contribution in [1.82, 2.24) is 0 Å². The zero-order valence-corrected chi connectivity index (χ0v) is 39.7. The molecule has 0 amide bonds. The number of rotatable bonds is 7. The second kappa shape index (κ2) is 15.8. The van der Waals surface area contributed by atoms with Gasteiger partial charge >= 0.3 is 0 Å². The van der Waals surface area contributed by atoms with E-state index in [1.54, 1.807) is 11.1 Å². The molecular weight excluding hydrogens is 859 g/mol. The Morgan fingerprint density at radius 1 is 0.380 bits per heavy atom. The first-order valence-electron chi connectivity index (χ1n) is 25.9. The number of hydrogen-bond donors (Lipinski definition) is 0. The maximum absolute atomic E-state index is 6.38. The minimum absolute atomic E-state index is 0.0443. The molecule has 10 aromatic carbocycles. The van der Waals surface area contributed by atoms with E-state index in [4.69, 9.17) is 4.42 Å². The van der Waals surface area contributed by atoms with Gasteiger partial charge < -0.3 is 9.32 Å². The summed E-state index contributed by atoms with van der Waals surface area (Å²) in [5, 5.41) is 4.74. The van der Waals surface area contributed by atoms with Crippen molar-refractivity contribution in [3.8, 4) is 22.3 Å². The first kappa shape index (κ1) is 40.9. The Bertz CT molecular complexity index is 3770. The van der Waals surface area contributed by atoms with E-state index in [1.165, 1.54) is 98.8 Å². The molecule has 2 nitrogen and oxygen atoms in total. The third-order valence-corrected chi connectivity index (χ3v) is 17.8. The Morgan fingerprint density at radius 2 is 0.930 bits per heavy atom. The van der Waals surface area contributed by atoms with Gasteiger partial charge in [0.15, 0.2) is 0 Å². The first-order chi connectivity index (χ1) is 35.2. The average molecular weight is 912 g/mol. The van der Waals surface area contributed by atoms with Crippen molar-refractivity contribution in [3.05, 3.63) is 270 Å². The fourth-order valence-corrected chi connectivity index (χ4v) is 15.4. The predicted octanol–water partition coefficient (Wildman–Crippen LogP) is 18.0. The van der Waals surface area contributed by atoms with Crippen molar-refractivity contribution in [2.75, 3.05) is 4.90 Å². The third kappa shape index (κ3) is 5.88. The molecule has 5 aliphatic carbocycles. The van der Waals surface area contributed by atoms with E-state index < -0.39 is 5.41 Å². The van der Waals surface area contributed by atoms with E-state index in [2.05, 4.69) is 235 Å². The van der Waals surface area contributed by atoms with Crippen LogP contribution in [0, 0.1) is 23.7 Å². The molecule has 1 spiro atoms.